The predicted molar refractivity (Wildman–Crippen MR) is 72.5 cm³/mol. The van der Waals surface area contributed by atoms with Gasteiger partial charge in [-0.3, -0.25) is 4.90 Å². The van der Waals surface area contributed by atoms with Gasteiger partial charge in [-0.15, -0.1) is 0 Å². The van der Waals surface area contributed by atoms with Gasteiger partial charge < -0.3 is 0 Å². The van der Waals surface area contributed by atoms with E-state index >= 15 is 0 Å². The first-order valence-corrected chi connectivity index (χ1v) is 6.17. The zero-order valence-corrected chi connectivity index (χ0v) is 11.8. The minimum absolute atomic E-state index is 0.469. The molecule has 0 N–H and O–H groups in total. The molecule has 1 atom stereocenters. The van der Waals surface area contributed by atoms with E-state index < -0.39 is 5.54 Å². The molecule has 2 nitrogen and oxygen atoms in total. The zero-order chi connectivity index (χ0) is 13.1. The quantitative estimate of drug-likeness (QED) is 0.833. The summed E-state index contributed by atoms with van der Waals surface area (Å²) in [5.74, 6) is 0. The molecule has 1 unspecified atom stereocenters. The molecule has 0 aromatic heterocycles. The lowest BCUT2D eigenvalue weighted by Gasteiger charge is -2.29. The van der Waals surface area contributed by atoms with E-state index in [9.17, 15) is 5.26 Å². The Hall–Kier alpha value is -0.750. The second kappa shape index (κ2) is 5.73. The van der Waals surface area contributed by atoms with Crippen LogP contribution in [0.4, 0.5) is 0 Å². The van der Waals surface area contributed by atoms with Gasteiger partial charge in [0.1, 0.15) is 5.54 Å². The van der Waals surface area contributed by atoms with Crippen LogP contribution in [-0.4, -0.2) is 24.5 Å². The Morgan fingerprint density at radius 2 is 2.00 bits per heavy atom. The number of benzene rings is 1. The molecule has 1 aromatic carbocycles. The van der Waals surface area contributed by atoms with Gasteiger partial charge in [0.05, 0.1) is 6.07 Å². The molecule has 0 spiro atoms. The van der Waals surface area contributed by atoms with E-state index in [-0.39, 0.29) is 0 Å². The maximum atomic E-state index is 9.20. The summed E-state index contributed by atoms with van der Waals surface area (Å²) in [7, 11) is 3.82. The molecule has 0 bridgehead atoms. The molecule has 0 heterocycles. The summed E-state index contributed by atoms with van der Waals surface area (Å²) < 4.78 is 0. The van der Waals surface area contributed by atoms with Crippen LogP contribution in [-0.2, 0) is 6.42 Å². The first kappa shape index (κ1) is 14.3. The first-order chi connectivity index (χ1) is 7.89. The number of halogens is 2. The van der Waals surface area contributed by atoms with Crippen molar-refractivity contribution in [3.8, 4) is 6.07 Å². The number of nitriles is 1. The third kappa shape index (κ3) is 3.61. The summed E-state index contributed by atoms with van der Waals surface area (Å²) in [5.41, 5.74) is 0.558. The SMILES string of the molecule is CN(C)C(C)(C#N)CCc1ccc(Cl)cc1Cl. The van der Waals surface area contributed by atoms with Gasteiger partial charge in [-0.2, -0.15) is 5.26 Å². The van der Waals surface area contributed by atoms with E-state index in [0.29, 0.717) is 10.0 Å². The third-order valence-electron chi connectivity index (χ3n) is 3.12. The molecule has 1 aromatic rings. The number of rotatable bonds is 4. The Morgan fingerprint density at radius 1 is 1.35 bits per heavy atom. The van der Waals surface area contributed by atoms with Crippen molar-refractivity contribution in [2.45, 2.75) is 25.3 Å². The van der Waals surface area contributed by atoms with Crippen LogP contribution in [0.1, 0.15) is 18.9 Å². The smallest absolute Gasteiger partial charge is 0.106 e. The fourth-order valence-electron chi connectivity index (χ4n) is 1.48. The maximum absolute atomic E-state index is 9.20. The Kier molecular flexibility index (Phi) is 4.82. The minimum atomic E-state index is -0.469. The Morgan fingerprint density at radius 3 is 2.47 bits per heavy atom. The molecule has 0 amide bonds. The first-order valence-electron chi connectivity index (χ1n) is 5.41. The minimum Gasteiger partial charge on any atom is -0.292 e. The van der Waals surface area contributed by atoms with Crippen molar-refractivity contribution < 1.29 is 0 Å². The summed E-state index contributed by atoms with van der Waals surface area (Å²) in [5, 5.41) is 10.5. The third-order valence-corrected chi connectivity index (χ3v) is 3.71. The van der Waals surface area contributed by atoms with Gasteiger partial charge in [-0.05, 0) is 51.6 Å². The Labute approximate surface area is 113 Å². The second-order valence-electron chi connectivity index (χ2n) is 4.52. The molecule has 0 aliphatic rings. The predicted octanol–water partition coefficient (Wildman–Crippen LogP) is 3.77. The number of hydrogen-bond donors (Lipinski definition) is 0. The van der Waals surface area contributed by atoms with Crippen molar-refractivity contribution in [2.75, 3.05) is 14.1 Å². The summed E-state index contributed by atoms with van der Waals surface area (Å²) in [6.07, 6.45) is 1.50. The number of aryl methyl sites for hydroxylation is 1. The fourth-order valence-corrected chi connectivity index (χ4v) is 1.98. The van der Waals surface area contributed by atoms with Gasteiger partial charge in [0.2, 0.25) is 0 Å². The van der Waals surface area contributed by atoms with Crippen molar-refractivity contribution in [3.05, 3.63) is 33.8 Å². The lowest BCUT2D eigenvalue weighted by molar-refractivity contribution is 0.224. The molecule has 0 aliphatic heterocycles. The molecule has 1 rings (SSSR count). The van der Waals surface area contributed by atoms with Crippen molar-refractivity contribution in [1.82, 2.24) is 4.90 Å². The molecule has 4 heteroatoms. The van der Waals surface area contributed by atoms with Gasteiger partial charge in [0.15, 0.2) is 0 Å². The Bertz CT molecular complexity index is 438. The highest BCUT2D eigenvalue weighted by Gasteiger charge is 2.26. The average Bonchev–Trinajstić information content (AvgIpc) is 2.27. The largest absolute Gasteiger partial charge is 0.292 e. The zero-order valence-electron chi connectivity index (χ0n) is 10.3. The van der Waals surface area contributed by atoms with Crippen LogP contribution in [0.5, 0.6) is 0 Å². The average molecular weight is 271 g/mol. The normalized spacial score (nSPS) is 14.4. The van der Waals surface area contributed by atoms with Gasteiger partial charge in [-0.1, -0.05) is 29.3 Å². The summed E-state index contributed by atoms with van der Waals surface area (Å²) in [4.78, 5) is 1.93. The summed E-state index contributed by atoms with van der Waals surface area (Å²) in [6.45, 7) is 1.93. The molecule has 0 aliphatic carbocycles. The molecule has 92 valence electrons. The van der Waals surface area contributed by atoms with Crippen molar-refractivity contribution in [2.24, 2.45) is 0 Å². The van der Waals surface area contributed by atoms with Gasteiger partial charge in [-0.25, -0.2) is 0 Å². The standard InChI is InChI=1S/C13H16Cl2N2/c1-13(9-16,17(2)3)7-6-10-4-5-11(14)8-12(10)15/h4-5,8H,6-7H2,1-3H3. The maximum Gasteiger partial charge on any atom is 0.106 e. The highest BCUT2D eigenvalue weighted by atomic mass is 35.5. The molecular weight excluding hydrogens is 255 g/mol. The number of hydrogen-bond acceptors (Lipinski definition) is 2. The van der Waals surface area contributed by atoms with Crippen molar-refractivity contribution >= 4 is 23.2 Å². The van der Waals surface area contributed by atoms with Crippen LogP contribution in [0.15, 0.2) is 18.2 Å². The highest BCUT2D eigenvalue weighted by molar-refractivity contribution is 6.35. The van der Waals surface area contributed by atoms with Crippen LogP contribution in [0.2, 0.25) is 10.0 Å². The van der Waals surface area contributed by atoms with Crippen LogP contribution < -0.4 is 0 Å². The lowest BCUT2D eigenvalue weighted by Crippen LogP contribution is -2.40. The second-order valence-corrected chi connectivity index (χ2v) is 5.36. The lowest BCUT2D eigenvalue weighted by atomic mass is 9.93. The molecule has 0 saturated carbocycles. The van der Waals surface area contributed by atoms with E-state index in [0.717, 1.165) is 18.4 Å². The highest BCUT2D eigenvalue weighted by Crippen LogP contribution is 2.25. The topological polar surface area (TPSA) is 27.0 Å². The van der Waals surface area contributed by atoms with Crippen LogP contribution in [0.25, 0.3) is 0 Å². The van der Waals surface area contributed by atoms with Gasteiger partial charge in [0, 0.05) is 10.0 Å². The van der Waals surface area contributed by atoms with Crippen LogP contribution in [0.3, 0.4) is 0 Å². The summed E-state index contributed by atoms with van der Waals surface area (Å²) >= 11 is 11.9. The Balaban J connectivity index is 2.77. The van der Waals surface area contributed by atoms with Crippen molar-refractivity contribution in [1.29, 1.82) is 5.26 Å². The van der Waals surface area contributed by atoms with E-state index in [4.69, 9.17) is 23.2 Å². The van der Waals surface area contributed by atoms with Crippen molar-refractivity contribution in [3.63, 3.8) is 0 Å². The summed E-state index contributed by atoms with van der Waals surface area (Å²) in [6, 6.07) is 7.81. The van der Waals surface area contributed by atoms with E-state index in [1.807, 2.05) is 38.1 Å². The van der Waals surface area contributed by atoms with Gasteiger partial charge >= 0.3 is 0 Å². The van der Waals surface area contributed by atoms with E-state index in [2.05, 4.69) is 6.07 Å². The monoisotopic (exact) mass is 270 g/mol. The molecule has 17 heavy (non-hydrogen) atoms. The van der Waals surface area contributed by atoms with E-state index in [1.165, 1.54) is 0 Å². The molecule has 0 fully saturated rings. The molecular formula is C13H16Cl2N2. The van der Waals surface area contributed by atoms with Crippen LogP contribution >= 0.6 is 23.2 Å². The molecule has 0 saturated heterocycles. The van der Waals surface area contributed by atoms with E-state index in [1.54, 1.807) is 6.07 Å². The fraction of sp³-hybridized carbons (Fsp3) is 0.462. The van der Waals surface area contributed by atoms with Gasteiger partial charge in [0.25, 0.3) is 0 Å². The molecule has 0 radical (unpaired) electrons. The number of nitrogens with zero attached hydrogens (tertiary/aromatic N) is 2. The van der Waals surface area contributed by atoms with Crippen LogP contribution in [0, 0.1) is 11.3 Å².